The molecule has 0 radical (unpaired) electrons. The molecule has 0 saturated heterocycles. The van der Waals surface area contributed by atoms with E-state index in [-0.39, 0.29) is 6.04 Å². The van der Waals surface area contributed by atoms with Gasteiger partial charge in [-0.25, -0.2) is 4.98 Å². The molecule has 0 spiro atoms. The maximum Gasteiger partial charge on any atom is 0.212 e. The third-order valence-corrected chi connectivity index (χ3v) is 2.60. The number of nitrogens with two attached hydrogens (primary N) is 1. The van der Waals surface area contributed by atoms with Crippen molar-refractivity contribution >= 4 is 22.7 Å². The summed E-state index contributed by atoms with van der Waals surface area (Å²) in [6.45, 7) is 2.08. The van der Waals surface area contributed by atoms with Gasteiger partial charge in [0.25, 0.3) is 0 Å². The molecule has 1 atom stereocenters. The van der Waals surface area contributed by atoms with E-state index >= 15 is 0 Å². The van der Waals surface area contributed by atoms with E-state index in [1.807, 2.05) is 12.1 Å². The second-order valence-electron chi connectivity index (χ2n) is 3.54. The number of halogens is 1. The van der Waals surface area contributed by atoms with Crippen LogP contribution in [0.2, 0.25) is 5.02 Å². The highest BCUT2D eigenvalue weighted by Crippen LogP contribution is 2.26. The Hall–Kier alpha value is -1.06. The van der Waals surface area contributed by atoms with Gasteiger partial charge in [-0.3, -0.25) is 0 Å². The lowest BCUT2D eigenvalue weighted by molar-refractivity contribution is 0.456. The van der Waals surface area contributed by atoms with Crippen molar-refractivity contribution in [2.75, 3.05) is 0 Å². The first-order valence-electron chi connectivity index (χ1n) is 5.03. The summed E-state index contributed by atoms with van der Waals surface area (Å²) in [6, 6.07) is 5.36. The van der Waals surface area contributed by atoms with E-state index in [1.54, 1.807) is 6.07 Å². The van der Waals surface area contributed by atoms with Gasteiger partial charge in [-0.2, -0.15) is 0 Å². The van der Waals surface area contributed by atoms with Crippen molar-refractivity contribution in [2.24, 2.45) is 5.73 Å². The predicted molar refractivity (Wildman–Crippen MR) is 60.9 cm³/mol. The molecule has 2 N–H and O–H groups in total. The van der Waals surface area contributed by atoms with Gasteiger partial charge in [0.15, 0.2) is 5.58 Å². The number of nitrogens with zero attached hydrogens (tertiary/aromatic N) is 1. The van der Waals surface area contributed by atoms with Gasteiger partial charge < -0.3 is 10.2 Å². The molecule has 0 aliphatic rings. The van der Waals surface area contributed by atoms with Crippen LogP contribution in [0.15, 0.2) is 22.6 Å². The summed E-state index contributed by atoms with van der Waals surface area (Å²) in [5, 5.41) is 0.579. The zero-order valence-electron chi connectivity index (χ0n) is 8.53. The lowest BCUT2D eigenvalue weighted by Gasteiger charge is -2.03. The molecular formula is C11H13ClN2O. The van der Waals surface area contributed by atoms with Gasteiger partial charge in [0, 0.05) is 0 Å². The molecule has 0 fully saturated rings. The highest BCUT2D eigenvalue weighted by Gasteiger charge is 2.14. The molecule has 0 saturated carbocycles. The zero-order chi connectivity index (χ0) is 10.8. The molecule has 1 aromatic heterocycles. The Bertz CT molecular complexity index is 467. The summed E-state index contributed by atoms with van der Waals surface area (Å²) in [4.78, 5) is 4.32. The van der Waals surface area contributed by atoms with Crippen LogP contribution < -0.4 is 5.73 Å². The fourth-order valence-electron chi connectivity index (χ4n) is 1.53. The summed E-state index contributed by atoms with van der Waals surface area (Å²) < 4.78 is 5.55. The molecule has 0 bridgehead atoms. The van der Waals surface area contributed by atoms with E-state index in [9.17, 15) is 0 Å². The fourth-order valence-corrected chi connectivity index (χ4v) is 1.73. The number of oxazole rings is 1. The molecule has 3 nitrogen and oxygen atoms in total. The van der Waals surface area contributed by atoms with Crippen LogP contribution in [0.3, 0.4) is 0 Å². The van der Waals surface area contributed by atoms with Gasteiger partial charge in [0.1, 0.15) is 5.52 Å². The quantitative estimate of drug-likeness (QED) is 0.871. The lowest BCUT2D eigenvalue weighted by atomic mass is 10.2. The molecule has 80 valence electrons. The predicted octanol–water partition coefficient (Wildman–Crippen LogP) is 3.28. The number of aromatic nitrogens is 1. The third-order valence-electron chi connectivity index (χ3n) is 2.30. The van der Waals surface area contributed by atoms with Crippen molar-refractivity contribution in [1.82, 2.24) is 4.98 Å². The Morgan fingerprint density at radius 3 is 3.00 bits per heavy atom. The van der Waals surface area contributed by atoms with Gasteiger partial charge >= 0.3 is 0 Å². The second-order valence-corrected chi connectivity index (χ2v) is 3.94. The Balaban J connectivity index is 2.43. The average Bonchev–Trinajstić information content (AvgIpc) is 2.63. The number of rotatable bonds is 3. The molecule has 4 heteroatoms. The van der Waals surface area contributed by atoms with E-state index in [1.165, 1.54) is 0 Å². The molecule has 2 rings (SSSR count). The Labute approximate surface area is 93.2 Å². The molecule has 2 aromatic rings. The van der Waals surface area contributed by atoms with Crippen molar-refractivity contribution in [3.8, 4) is 0 Å². The maximum atomic E-state index is 5.98. The second kappa shape index (κ2) is 4.21. The first-order chi connectivity index (χ1) is 7.22. The highest BCUT2D eigenvalue weighted by molar-refractivity contribution is 6.34. The van der Waals surface area contributed by atoms with Gasteiger partial charge in [0.2, 0.25) is 5.89 Å². The standard InChI is InChI=1S/C11H13ClN2O/c1-2-4-8(13)11-14-9-6-3-5-7(12)10(9)15-11/h3,5-6,8H,2,4,13H2,1H3. The summed E-state index contributed by atoms with van der Waals surface area (Å²) in [5.74, 6) is 0.569. The van der Waals surface area contributed by atoms with Crippen molar-refractivity contribution in [3.05, 3.63) is 29.1 Å². The topological polar surface area (TPSA) is 52.0 Å². The fraction of sp³-hybridized carbons (Fsp3) is 0.364. The minimum absolute atomic E-state index is 0.140. The van der Waals surface area contributed by atoms with Crippen LogP contribution in [0, 0.1) is 0 Å². The molecule has 0 amide bonds. The normalized spacial score (nSPS) is 13.3. The largest absolute Gasteiger partial charge is 0.437 e. The van der Waals surface area contributed by atoms with Gasteiger partial charge in [-0.1, -0.05) is 31.0 Å². The van der Waals surface area contributed by atoms with Crippen LogP contribution in [0.4, 0.5) is 0 Å². The summed E-state index contributed by atoms with van der Waals surface area (Å²) >= 11 is 5.98. The number of hydrogen-bond acceptors (Lipinski definition) is 3. The van der Waals surface area contributed by atoms with Crippen molar-refractivity contribution in [3.63, 3.8) is 0 Å². The molecular weight excluding hydrogens is 212 g/mol. The molecule has 1 heterocycles. The van der Waals surface area contributed by atoms with Gasteiger partial charge in [-0.05, 0) is 18.6 Å². The smallest absolute Gasteiger partial charge is 0.212 e. The third kappa shape index (κ3) is 1.98. The van der Waals surface area contributed by atoms with Crippen LogP contribution in [-0.2, 0) is 0 Å². The monoisotopic (exact) mass is 224 g/mol. The molecule has 1 aromatic carbocycles. The maximum absolute atomic E-state index is 5.98. The van der Waals surface area contributed by atoms with E-state index < -0.39 is 0 Å². The Kier molecular flexibility index (Phi) is 2.93. The first kappa shape index (κ1) is 10.5. The van der Waals surface area contributed by atoms with Crippen molar-refractivity contribution in [1.29, 1.82) is 0 Å². The van der Waals surface area contributed by atoms with Crippen LogP contribution in [-0.4, -0.2) is 4.98 Å². The Morgan fingerprint density at radius 2 is 2.33 bits per heavy atom. The van der Waals surface area contributed by atoms with Crippen LogP contribution >= 0.6 is 11.6 Å². The summed E-state index contributed by atoms with van der Waals surface area (Å²) in [7, 11) is 0. The minimum atomic E-state index is -0.140. The lowest BCUT2D eigenvalue weighted by Crippen LogP contribution is -2.09. The summed E-state index contributed by atoms with van der Waals surface area (Å²) in [5.41, 5.74) is 7.31. The van der Waals surface area contributed by atoms with Crippen LogP contribution in [0.1, 0.15) is 31.7 Å². The number of para-hydroxylation sites is 1. The number of hydrogen-bond donors (Lipinski definition) is 1. The molecule has 0 aliphatic heterocycles. The highest BCUT2D eigenvalue weighted by atomic mass is 35.5. The zero-order valence-corrected chi connectivity index (χ0v) is 9.29. The minimum Gasteiger partial charge on any atom is -0.437 e. The van der Waals surface area contributed by atoms with Crippen molar-refractivity contribution < 1.29 is 4.42 Å². The van der Waals surface area contributed by atoms with E-state index in [4.69, 9.17) is 21.8 Å². The van der Waals surface area contributed by atoms with Crippen LogP contribution in [0.5, 0.6) is 0 Å². The van der Waals surface area contributed by atoms with Crippen molar-refractivity contribution in [2.45, 2.75) is 25.8 Å². The van der Waals surface area contributed by atoms with Crippen LogP contribution in [0.25, 0.3) is 11.1 Å². The number of fused-ring (bicyclic) bond motifs is 1. The molecule has 0 aliphatic carbocycles. The van der Waals surface area contributed by atoms with E-state index in [0.717, 1.165) is 18.4 Å². The average molecular weight is 225 g/mol. The van der Waals surface area contributed by atoms with Gasteiger partial charge in [0.05, 0.1) is 11.1 Å². The molecule has 1 unspecified atom stereocenters. The van der Waals surface area contributed by atoms with Gasteiger partial charge in [-0.15, -0.1) is 0 Å². The Morgan fingerprint density at radius 1 is 1.53 bits per heavy atom. The SMILES string of the molecule is CCCC(N)c1nc2cccc(Cl)c2o1. The molecule has 15 heavy (non-hydrogen) atoms. The van der Waals surface area contributed by atoms with E-state index in [2.05, 4.69) is 11.9 Å². The van der Waals surface area contributed by atoms with E-state index in [0.29, 0.717) is 16.5 Å². The first-order valence-corrected chi connectivity index (χ1v) is 5.40. The summed E-state index contributed by atoms with van der Waals surface area (Å²) in [6.07, 6.45) is 1.87. The number of benzene rings is 1.